The second kappa shape index (κ2) is 8.33. The maximum atomic E-state index is 15.4. The van der Waals surface area contributed by atoms with E-state index in [0.717, 1.165) is 33.8 Å². The quantitative estimate of drug-likeness (QED) is 0.316. The zero-order valence-corrected chi connectivity index (χ0v) is 18.7. The van der Waals surface area contributed by atoms with Gasteiger partial charge in [0, 0.05) is 23.7 Å². The van der Waals surface area contributed by atoms with Gasteiger partial charge in [0.25, 0.3) is 0 Å². The Morgan fingerprint density at radius 3 is 2.42 bits per heavy atom. The lowest BCUT2D eigenvalue weighted by molar-refractivity contribution is -0.141. The van der Waals surface area contributed by atoms with E-state index in [1.807, 2.05) is 12.1 Å². The third-order valence-corrected chi connectivity index (χ3v) is 5.99. The maximum absolute atomic E-state index is 15.4. The third kappa shape index (κ3) is 3.80. The molecule has 182 valence electrons. The highest BCUT2D eigenvalue weighted by Gasteiger charge is 2.35. The van der Waals surface area contributed by atoms with Crippen LogP contribution in [-0.2, 0) is 12.7 Å². The molecule has 0 amide bonds. The monoisotopic (exact) mass is 495 g/mol. The van der Waals surface area contributed by atoms with Gasteiger partial charge in [-0.1, -0.05) is 36.4 Å². The van der Waals surface area contributed by atoms with E-state index < -0.39 is 34.6 Å². The van der Waals surface area contributed by atoms with Crippen molar-refractivity contribution in [2.45, 2.75) is 19.6 Å². The van der Waals surface area contributed by atoms with Gasteiger partial charge in [0.15, 0.2) is 5.69 Å². The van der Waals surface area contributed by atoms with Crippen LogP contribution in [0.3, 0.4) is 0 Å². The number of carboxylic acid groups (broad SMARTS) is 1. The van der Waals surface area contributed by atoms with Crippen LogP contribution in [0.2, 0.25) is 0 Å². The average molecular weight is 495 g/mol. The van der Waals surface area contributed by atoms with Gasteiger partial charge in [-0.05, 0) is 42.0 Å². The first-order valence-electron chi connectivity index (χ1n) is 10.8. The molecule has 0 bridgehead atoms. The summed E-state index contributed by atoms with van der Waals surface area (Å²) in [6, 6.07) is 15.2. The number of aryl methyl sites for hydroxylation is 1. The van der Waals surface area contributed by atoms with Crippen molar-refractivity contribution in [1.82, 2.24) is 14.3 Å². The Morgan fingerprint density at radius 1 is 1.03 bits per heavy atom. The first-order chi connectivity index (χ1) is 17.1. The molecule has 0 aliphatic heterocycles. The Bertz CT molecular complexity index is 1740. The van der Waals surface area contributed by atoms with Crippen molar-refractivity contribution in [1.29, 1.82) is 0 Å². The standard InChI is InChI=1S/C26H17F4N3O3/c1-2-32-13-18(25(35)36)24(34)17-10-19(27)22(11-21(17)32)33-20(12-23(31-33)26(28,29)30)16-8-7-14-5-3-4-6-15(14)9-16/h3-13H,2H2,1H3,(H,35,36). The molecule has 0 saturated carbocycles. The van der Waals surface area contributed by atoms with Crippen LogP contribution in [0.5, 0.6) is 0 Å². The number of fused-ring (bicyclic) bond motifs is 2. The number of aromatic nitrogens is 3. The van der Waals surface area contributed by atoms with Crippen LogP contribution in [0.25, 0.3) is 38.6 Å². The Kier molecular flexibility index (Phi) is 5.39. The van der Waals surface area contributed by atoms with Gasteiger partial charge in [-0.25, -0.2) is 13.9 Å². The van der Waals surface area contributed by atoms with E-state index in [9.17, 15) is 27.9 Å². The average Bonchev–Trinajstić information content (AvgIpc) is 3.30. The lowest BCUT2D eigenvalue weighted by atomic mass is 10.0. The van der Waals surface area contributed by atoms with Crippen molar-refractivity contribution in [2.24, 2.45) is 0 Å². The number of benzene rings is 3. The lowest BCUT2D eigenvalue weighted by Gasteiger charge is -2.14. The molecule has 6 nitrogen and oxygen atoms in total. The number of alkyl halides is 3. The van der Waals surface area contributed by atoms with E-state index in [0.29, 0.717) is 5.56 Å². The largest absolute Gasteiger partial charge is 0.477 e. The molecule has 0 radical (unpaired) electrons. The summed E-state index contributed by atoms with van der Waals surface area (Å²) in [5.74, 6) is -2.49. The number of hydrogen-bond acceptors (Lipinski definition) is 3. The van der Waals surface area contributed by atoms with E-state index in [-0.39, 0.29) is 28.8 Å². The molecule has 0 spiro atoms. The number of hydrogen-bond donors (Lipinski definition) is 1. The lowest BCUT2D eigenvalue weighted by Crippen LogP contribution is -2.19. The SMILES string of the molecule is CCn1cc(C(=O)O)c(=O)c2cc(F)c(-n3nc(C(F)(F)F)cc3-c3ccc4ccccc4c3)cc21. The molecule has 0 aliphatic rings. The van der Waals surface area contributed by atoms with E-state index in [1.165, 1.54) is 10.6 Å². The van der Waals surface area contributed by atoms with E-state index in [4.69, 9.17) is 0 Å². The van der Waals surface area contributed by atoms with E-state index in [2.05, 4.69) is 5.10 Å². The number of nitrogens with zero attached hydrogens (tertiary/aromatic N) is 3. The summed E-state index contributed by atoms with van der Waals surface area (Å²) in [6.07, 6.45) is -3.66. The summed E-state index contributed by atoms with van der Waals surface area (Å²) in [5, 5.41) is 14.5. The number of carboxylic acids is 1. The molecular formula is C26H17F4N3O3. The van der Waals surface area contributed by atoms with Crippen molar-refractivity contribution in [3.63, 3.8) is 0 Å². The summed E-state index contributed by atoms with van der Waals surface area (Å²) < 4.78 is 58.6. The van der Waals surface area contributed by atoms with Gasteiger partial charge in [0.05, 0.1) is 11.2 Å². The molecule has 0 aliphatic carbocycles. The normalized spacial score (nSPS) is 11.9. The molecule has 0 fully saturated rings. The molecule has 2 aromatic heterocycles. The number of rotatable bonds is 4. The van der Waals surface area contributed by atoms with Crippen LogP contribution in [0.1, 0.15) is 23.0 Å². The second-order valence-corrected chi connectivity index (χ2v) is 8.17. The highest BCUT2D eigenvalue weighted by Crippen LogP contribution is 2.35. The van der Waals surface area contributed by atoms with Crippen LogP contribution in [0.15, 0.2) is 71.7 Å². The molecule has 3 aromatic carbocycles. The molecule has 36 heavy (non-hydrogen) atoms. The van der Waals surface area contributed by atoms with Gasteiger partial charge in [-0.15, -0.1) is 0 Å². The molecular weight excluding hydrogens is 478 g/mol. The second-order valence-electron chi connectivity index (χ2n) is 8.17. The van der Waals surface area contributed by atoms with Crippen molar-refractivity contribution >= 4 is 27.6 Å². The van der Waals surface area contributed by atoms with Gasteiger partial charge >= 0.3 is 12.1 Å². The fourth-order valence-corrected chi connectivity index (χ4v) is 4.23. The summed E-state index contributed by atoms with van der Waals surface area (Å²) in [6.45, 7) is 1.92. The predicted octanol–water partition coefficient (Wildman–Crippen LogP) is 5.88. The van der Waals surface area contributed by atoms with Crippen molar-refractivity contribution in [3.05, 3.63) is 94.2 Å². The van der Waals surface area contributed by atoms with Crippen LogP contribution >= 0.6 is 0 Å². The minimum atomic E-state index is -4.79. The summed E-state index contributed by atoms with van der Waals surface area (Å²) >= 11 is 0. The Balaban J connectivity index is 1.81. The Morgan fingerprint density at radius 2 is 1.75 bits per heavy atom. The van der Waals surface area contributed by atoms with Gasteiger partial charge < -0.3 is 9.67 Å². The van der Waals surface area contributed by atoms with Crippen LogP contribution < -0.4 is 5.43 Å². The molecule has 0 atom stereocenters. The maximum Gasteiger partial charge on any atom is 0.435 e. The van der Waals surface area contributed by atoms with E-state index >= 15 is 4.39 Å². The van der Waals surface area contributed by atoms with Gasteiger partial charge in [-0.2, -0.15) is 18.3 Å². The number of aromatic carboxylic acids is 1. The molecule has 0 saturated heterocycles. The molecule has 5 rings (SSSR count). The highest BCUT2D eigenvalue weighted by atomic mass is 19.4. The zero-order chi connectivity index (χ0) is 25.8. The molecule has 1 N–H and O–H groups in total. The topological polar surface area (TPSA) is 77.1 Å². The number of carbonyl (C=O) groups is 1. The van der Waals surface area contributed by atoms with Gasteiger partial charge in [0.2, 0.25) is 5.43 Å². The van der Waals surface area contributed by atoms with E-state index in [1.54, 1.807) is 37.3 Å². The minimum absolute atomic E-state index is 0.00104. The fourth-order valence-electron chi connectivity index (χ4n) is 4.23. The first kappa shape index (κ1) is 23.3. The third-order valence-electron chi connectivity index (χ3n) is 5.99. The smallest absolute Gasteiger partial charge is 0.435 e. The molecule has 10 heteroatoms. The van der Waals surface area contributed by atoms with Crippen molar-refractivity contribution < 1.29 is 27.5 Å². The predicted molar refractivity (Wildman–Crippen MR) is 126 cm³/mol. The molecule has 2 heterocycles. The summed E-state index contributed by atoms with van der Waals surface area (Å²) in [7, 11) is 0. The van der Waals surface area contributed by atoms with Gasteiger partial charge in [-0.3, -0.25) is 4.79 Å². The Labute approximate surface area is 200 Å². The van der Waals surface area contributed by atoms with Crippen molar-refractivity contribution in [2.75, 3.05) is 0 Å². The first-order valence-corrected chi connectivity index (χ1v) is 10.8. The fraction of sp³-hybridized carbons (Fsp3) is 0.115. The molecule has 0 unspecified atom stereocenters. The molecule has 5 aromatic rings. The van der Waals surface area contributed by atoms with Crippen LogP contribution in [-0.4, -0.2) is 25.4 Å². The van der Waals surface area contributed by atoms with Gasteiger partial charge in [0.1, 0.15) is 17.1 Å². The highest BCUT2D eigenvalue weighted by molar-refractivity contribution is 5.93. The van der Waals surface area contributed by atoms with Crippen LogP contribution in [0.4, 0.5) is 17.6 Å². The summed E-state index contributed by atoms with van der Waals surface area (Å²) in [4.78, 5) is 24.1. The summed E-state index contributed by atoms with van der Waals surface area (Å²) in [5.41, 5.74) is -2.41. The zero-order valence-electron chi connectivity index (χ0n) is 18.7. The number of halogens is 4. The number of pyridine rings is 1. The van der Waals surface area contributed by atoms with Crippen molar-refractivity contribution in [3.8, 4) is 16.9 Å². The minimum Gasteiger partial charge on any atom is -0.477 e. The van der Waals surface area contributed by atoms with Crippen LogP contribution in [0, 0.1) is 5.82 Å². The Hall–Kier alpha value is -4.47.